The van der Waals surface area contributed by atoms with Gasteiger partial charge in [0.2, 0.25) is 0 Å². The molecule has 1 aromatic rings. The van der Waals surface area contributed by atoms with Crippen LogP contribution >= 0.6 is 11.8 Å². The third-order valence-electron chi connectivity index (χ3n) is 2.06. The number of thioether (sulfide) groups is 1. The van der Waals surface area contributed by atoms with E-state index in [-0.39, 0.29) is 24.4 Å². The van der Waals surface area contributed by atoms with Gasteiger partial charge in [0.1, 0.15) is 5.82 Å². The molecule has 1 rings (SSSR count). The molecule has 0 saturated heterocycles. The third-order valence-corrected chi connectivity index (χ3v) is 2.82. The molecule has 0 spiro atoms. The molecule has 1 unspecified atom stereocenters. The van der Waals surface area contributed by atoms with Crippen LogP contribution in [0.2, 0.25) is 0 Å². The van der Waals surface area contributed by atoms with Gasteiger partial charge < -0.3 is 10.4 Å². The number of rotatable bonds is 4. The summed E-state index contributed by atoms with van der Waals surface area (Å²) in [7, 11) is 0. The average Bonchev–Trinajstić information content (AvgIpc) is 2.29. The van der Waals surface area contributed by atoms with Crippen molar-refractivity contribution < 1.29 is 14.3 Å². The van der Waals surface area contributed by atoms with Crippen molar-refractivity contribution in [3.05, 3.63) is 29.6 Å². The summed E-state index contributed by atoms with van der Waals surface area (Å²) < 4.78 is 13.2. The van der Waals surface area contributed by atoms with Crippen LogP contribution in [0.3, 0.4) is 0 Å². The normalized spacial score (nSPS) is 12.2. The fourth-order valence-electron chi connectivity index (χ4n) is 1.15. The van der Waals surface area contributed by atoms with Crippen molar-refractivity contribution in [2.45, 2.75) is 17.9 Å². The van der Waals surface area contributed by atoms with E-state index < -0.39 is 0 Å². The number of nitrogens with one attached hydrogen (secondary N) is 1. The number of halogens is 1. The van der Waals surface area contributed by atoms with Gasteiger partial charge in [-0.15, -0.1) is 11.8 Å². The number of aliphatic hydroxyl groups excluding tert-OH is 1. The van der Waals surface area contributed by atoms with Crippen LogP contribution in [-0.4, -0.2) is 29.9 Å². The first kappa shape index (κ1) is 13.0. The quantitative estimate of drug-likeness (QED) is 0.791. The molecule has 88 valence electrons. The first-order chi connectivity index (χ1) is 7.58. The molecular weight excluding hydrogens is 229 g/mol. The highest BCUT2D eigenvalue weighted by Gasteiger charge is 2.11. The van der Waals surface area contributed by atoms with Crippen LogP contribution in [0, 0.1) is 5.82 Å². The Balaban J connectivity index is 2.84. The van der Waals surface area contributed by atoms with Crippen molar-refractivity contribution in [3.8, 4) is 0 Å². The van der Waals surface area contributed by atoms with Crippen molar-refractivity contribution in [1.29, 1.82) is 0 Å². The zero-order valence-corrected chi connectivity index (χ0v) is 9.97. The molecule has 2 N–H and O–H groups in total. The van der Waals surface area contributed by atoms with Crippen LogP contribution in [0.1, 0.15) is 17.3 Å². The summed E-state index contributed by atoms with van der Waals surface area (Å²) >= 11 is 1.25. The first-order valence-corrected chi connectivity index (χ1v) is 6.06. The van der Waals surface area contributed by atoms with Gasteiger partial charge in [-0.05, 0) is 31.4 Å². The molecule has 1 aromatic carbocycles. The Morgan fingerprint density at radius 1 is 1.62 bits per heavy atom. The van der Waals surface area contributed by atoms with E-state index in [2.05, 4.69) is 5.32 Å². The number of carbonyl (C=O) groups is 1. The van der Waals surface area contributed by atoms with Gasteiger partial charge in [-0.1, -0.05) is 0 Å². The van der Waals surface area contributed by atoms with Gasteiger partial charge in [0.15, 0.2) is 0 Å². The number of carbonyl (C=O) groups excluding carboxylic acids is 1. The summed E-state index contributed by atoms with van der Waals surface area (Å²) in [4.78, 5) is 12.1. The highest BCUT2D eigenvalue weighted by molar-refractivity contribution is 7.98. The molecule has 0 heterocycles. The van der Waals surface area contributed by atoms with Crippen molar-refractivity contribution in [3.63, 3.8) is 0 Å². The molecule has 16 heavy (non-hydrogen) atoms. The number of amides is 1. The molecule has 0 bridgehead atoms. The summed E-state index contributed by atoms with van der Waals surface area (Å²) in [6, 6.07) is 3.88. The molecular formula is C11H14FNO2S. The maximum absolute atomic E-state index is 13.2. The van der Waals surface area contributed by atoms with Gasteiger partial charge in [-0.25, -0.2) is 4.39 Å². The topological polar surface area (TPSA) is 49.3 Å². The maximum atomic E-state index is 13.2. The minimum absolute atomic E-state index is 0.123. The lowest BCUT2D eigenvalue weighted by molar-refractivity contribution is 0.0922. The average molecular weight is 243 g/mol. The van der Waals surface area contributed by atoms with Gasteiger partial charge in [0.05, 0.1) is 6.61 Å². The molecule has 1 amide bonds. The Morgan fingerprint density at radius 3 is 2.88 bits per heavy atom. The predicted octanol–water partition coefficient (Wildman–Crippen LogP) is 1.66. The smallest absolute Gasteiger partial charge is 0.251 e. The minimum Gasteiger partial charge on any atom is -0.394 e. The summed E-state index contributed by atoms with van der Waals surface area (Å²) in [5.74, 6) is -0.642. The van der Waals surface area contributed by atoms with Crippen LogP contribution in [0.4, 0.5) is 4.39 Å². The first-order valence-electron chi connectivity index (χ1n) is 4.83. The summed E-state index contributed by atoms with van der Waals surface area (Å²) in [6.07, 6.45) is 1.75. The largest absolute Gasteiger partial charge is 0.394 e. The second-order valence-corrected chi connectivity index (χ2v) is 4.25. The minimum atomic E-state index is -0.334. The van der Waals surface area contributed by atoms with Gasteiger partial charge >= 0.3 is 0 Å². The summed E-state index contributed by atoms with van der Waals surface area (Å²) in [5, 5.41) is 11.4. The number of hydrogen-bond donors (Lipinski definition) is 2. The lowest BCUT2D eigenvalue weighted by Gasteiger charge is -2.11. The molecule has 5 heteroatoms. The second kappa shape index (κ2) is 5.86. The highest BCUT2D eigenvalue weighted by Crippen LogP contribution is 2.20. The predicted molar refractivity (Wildman–Crippen MR) is 62.2 cm³/mol. The number of hydrogen-bond acceptors (Lipinski definition) is 3. The highest BCUT2D eigenvalue weighted by atomic mass is 32.2. The number of benzene rings is 1. The van der Waals surface area contributed by atoms with Crippen molar-refractivity contribution in [2.75, 3.05) is 12.9 Å². The molecule has 0 aliphatic carbocycles. The summed E-state index contributed by atoms with van der Waals surface area (Å²) in [6.45, 7) is 1.57. The van der Waals surface area contributed by atoms with Crippen LogP contribution in [-0.2, 0) is 0 Å². The van der Waals surface area contributed by atoms with Gasteiger partial charge in [-0.2, -0.15) is 0 Å². The molecule has 1 atom stereocenters. The maximum Gasteiger partial charge on any atom is 0.251 e. The molecule has 0 saturated carbocycles. The van der Waals surface area contributed by atoms with Crippen LogP contribution in [0.25, 0.3) is 0 Å². The van der Waals surface area contributed by atoms with E-state index in [0.29, 0.717) is 10.5 Å². The van der Waals surface area contributed by atoms with Crippen molar-refractivity contribution in [2.24, 2.45) is 0 Å². The monoisotopic (exact) mass is 243 g/mol. The fraction of sp³-hybridized carbons (Fsp3) is 0.364. The zero-order valence-electron chi connectivity index (χ0n) is 9.16. The molecule has 0 aromatic heterocycles. The third kappa shape index (κ3) is 3.21. The molecule has 0 aliphatic rings. The Morgan fingerprint density at radius 2 is 2.31 bits per heavy atom. The molecule has 0 radical (unpaired) electrons. The van der Waals surface area contributed by atoms with Crippen LogP contribution in [0.15, 0.2) is 23.1 Å². The van der Waals surface area contributed by atoms with E-state index in [4.69, 9.17) is 5.11 Å². The van der Waals surface area contributed by atoms with Crippen LogP contribution in [0.5, 0.6) is 0 Å². The lowest BCUT2D eigenvalue weighted by Crippen LogP contribution is -2.34. The Labute approximate surface area is 98.1 Å². The van der Waals surface area contributed by atoms with Crippen LogP contribution < -0.4 is 5.32 Å². The molecule has 0 fully saturated rings. The zero-order chi connectivity index (χ0) is 12.1. The SMILES string of the molecule is CSc1cc(C(=O)NC(C)CO)ccc1F. The van der Waals surface area contributed by atoms with Gasteiger partial charge in [0, 0.05) is 16.5 Å². The Bertz CT molecular complexity index is 384. The fourth-order valence-corrected chi connectivity index (χ4v) is 1.66. The van der Waals surface area contributed by atoms with E-state index in [1.54, 1.807) is 13.2 Å². The van der Waals surface area contributed by atoms with E-state index in [0.717, 1.165) is 0 Å². The molecule has 3 nitrogen and oxygen atoms in total. The van der Waals surface area contributed by atoms with Crippen molar-refractivity contribution >= 4 is 17.7 Å². The van der Waals surface area contributed by atoms with Gasteiger partial charge in [0.25, 0.3) is 5.91 Å². The lowest BCUT2D eigenvalue weighted by atomic mass is 10.2. The van der Waals surface area contributed by atoms with Gasteiger partial charge in [-0.3, -0.25) is 4.79 Å². The second-order valence-electron chi connectivity index (χ2n) is 3.41. The van der Waals surface area contributed by atoms with E-state index >= 15 is 0 Å². The molecule has 0 aliphatic heterocycles. The Kier molecular flexibility index (Phi) is 4.76. The Hall–Kier alpha value is -1.07. The van der Waals surface area contributed by atoms with E-state index in [1.807, 2.05) is 0 Å². The van der Waals surface area contributed by atoms with E-state index in [9.17, 15) is 9.18 Å². The van der Waals surface area contributed by atoms with E-state index in [1.165, 1.54) is 30.0 Å². The standard InChI is InChI=1S/C11H14FNO2S/c1-7(6-14)13-11(15)8-3-4-9(12)10(5-8)16-2/h3-5,7,14H,6H2,1-2H3,(H,13,15). The summed E-state index contributed by atoms with van der Waals surface area (Å²) in [5.41, 5.74) is 0.394. The van der Waals surface area contributed by atoms with Crippen molar-refractivity contribution in [1.82, 2.24) is 5.32 Å². The number of aliphatic hydroxyl groups is 1.